The van der Waals surface area contributed by atoms with E-state index < -0.39 is 0 Å². The maximum absolute atomic E-state index is 12.5. The van der Waals surface area contributed by atoms with Crippen LogP contribution in [0.25, 0.3) is 11.4 Å². The largest absolute Gasteiger partial charge is 0.352 e. The van der Waals surface area contributed by atoms with E-state index in [1.807, 2.05) is 12.1 Å². The Morgan fingerprint density at radius 2 is 1.87 bits per heavy atom. The van der Waals surface area contributed by atoms with Gasteiger partial charge in [0.15, 0.2) is 0 Å². The van der Waals surface area contributed by atoms with Crippen molar-refractivity contribution in [1.82, 2.24) is 20.4 Å². The molecule has 2 aromatic rings. The lowest BCUT2D eigenvalue weighted by Gasteiger charge is -2.26. The van der Waals surface area contributed by atoms with Crippen molar-refractivity contribution in [1.29, 1.82) is 0 Å². The maximum Gasteiger partial charge on any atom is 0.227 e. The molecule has 168 valence electrons. The van der Waals surface area contributed by atoms with Gasteiger partial charge < -0.3 is 9.84 Å². The van der Waals surface area contributed by atoms with E-state index in [0.29, 0.717) is 30.5 Å². The highest BCUT2D eigenvalue weighted by atomic mass is 16.5. The first-order valence-electron chi connectivity index (χ1n) is 12.0. The van der Waals surface area contributed by atoms with Gasteiger partial charge in [0.2, 0.25) is 17.6 Å². The fourth-order valence-corrected chi connectivity index (χ4v) is 4.87. The van der Waals surface area contributed by atoms with E-state index in [9.17, 15) is 4.79 Å². The first-order valence-corrected chi connectivity index (χ1v) is 12.0. The van der Waals surface area contributed by atoms with E-state index in [1.54, 1.807) is 0 Å². The Labute approximate surface area is 185 Å². The number of carbonyl (C=O) groups excluding carboxylic acids is 1. The SMILES string of the molecule is CC(C)c1ccc(-c2noc(CCC(=O)NC3CCN(C4CCCCCC4)C3)n2)cc1. The van der Waals surface area contributed by atoms with Gasteiger partial charge in [0.05, 0.1) is 0 Å². The van der Waals surface area contributed by atoms with Crippen molar-refractivity contribution in [3.63, 3.8) is 0 Å². The minimum atomic E-state index is 0.0775. The molecule has 6 heteroatoms. The molecule has 6 nitrogen and oxygen atoms in total. The summed E-state index contributed by atoms with van der Waals surface area (Å²) in [5, 5.41) is 7.31. The van der Waals surface area contributed by atoms with Gasteiger partial charge in [0.1, 0.15) is 0 Å². The van der Waals surface area contributed by atoms with Gasteiger partial charge in [0.25, 0.3) is 0 Å². The van der Waals surface area contributed by atoms with Crippen LogP contribution in [0.15, 0.2) is 28.8 Å². The predicted molar refractivity (Wildman–Crippen MR) is 122 cm³/mol. The van der Waals surface area contributed by atoms with Crippen LogP contribution in [0.2, 0.25) is 0 Å². The van der Waals surface area contributed by atoms with E-state index in [4.69, 9.17) is 4.52 Å². The average Bonchev–Trinajstić information content (AvgIpc) is 3.35. The van der Waals surface area contributed by atoms with E-state index in [-0.39, 0.29) is 11.9 Å². The number of rotatable bonds is 7. The van der Waals surface area contributed by atoms with Crippen molar-refractivity contribution >= 4 is 5.91 Å². The molecule has 2 aliphatic rings. The summed E-state index contributed by atoms with van der Waals surface area (Å²) in [7, 11) is 0. The Kier molecular flexibility index (Phi) is 7.38. The second-order valence-corrected chi connectivity index (χ2v) is 9.48. The summed E-state index contributed by atoms with van der Waals surface area (Å²) in [5.74, 6) is 1.67. The van der Waals surface area contributed by atoms with Crippen molar-refractivity contribution < 1.29 is 9.32 Å². The number of benzene rings is 1. The smallest absolute Gasteiger partial charge is 0.227 e. The van der Waals surface area contributed by atoms with Crippen LogP contribution in [-0.4, -0.2) is 46.1 Å². The molecule has 4 rings (SSSR count). The molecule has 0 radical (unpaired) electrons. The van der Waals surface area contributed by atoms with Crippen LogP contribution in [0.4, 0.5) is 0 Å². The number of amides is 1. The zero-order valence-electron chi connectivity index (χ0n) is 19.0. The van der Waals surface area contributed by atoms with Crippen LogP contribution in [0.5, 0.6) is 0 Å². The highest BCUT2D eigenvalue weighted by Crippen LogP contribution is 2.25. The highest BCUT2D eigenvalue weighted by molar-refractivity contribution is 5.76. The summed E-state index contributed by atoms with van der Waals surface area (Å²) in [6.07, 6.45) is 10.0. The number of nitrogens with zero attached hydrogens (tertiary/aromatic N) is 3. The van der Waals surface area contributed by atoms with Crippen LogP contribution in [0, 0.1) is 0 Å². The summed E-state index contributed by atoms with van der Waals surface area (Å²) in [5.41, 5.74) is 2.22. The van der Waals surface area contributed by atoms with Crippen molar-refractivity contribution in [3.8, 4) is 11.4 Å². The van der Waals surface area contributed by atoms with Crippen LogP contribution >= 0.6 is 0 Å². The molecular formula is C25H36N4O2. The fraction of sp³-hybridized carbons (Fsp3) is 0.640. The summed E-state index contributed by atoms with van der Waals surface area (Å²) in [4.78, 5) is 19.5. The number of likely N-dealkylation sites (tertiary alicyclic amines) is 1. The van der Waals surface area contributed by atoms with E-state index >= 15 is 0 Å². The topological polar surface area (TPSA) is 71.3 Å². The lowest BCUT2D eigenvalue weighted by Crippen LogP contribution is -2.39. The molecule has 2 fully saturated rings. The molecule has 1 saturated heterocycles. The lowest BCUT2D eigenvalue weighted by molar-refractivity contribution is -0.121. The normalized spacial score (nSPS) is 20.8. The first kappa shape index (κ1) is 22.0. The van der Waals surface area contributed by atoms with E-state index in [1.165, 1.54) is 44.1 Å². The maximum atomic E-state index is 12.5. The third-order valence-electron chi connectivity index (χ3n) is 6.80. The Bertz CT molecular complexity index is 837. The predicted octanol–water partition coefficient (Wildman–Crippen LogP) is 4.71. The number of carbonyl (C=O) groups is 1. The molecule has 1 aromatic heterocycles. The fourth-order valence-electron chi connectivity index (χ4n) is 4.87. The van der Waals surface area contributed by atoms with Crippen LogP contribution in [0.3, 0.4) is 0 Å². The molecular weight excluding hydrogens is 388 g/mol. The molecule has 1 aliphatic heterocycles. The minimum absolute atomic E-state index is 0.0775. The zero-order valence-corrected chi connectivity index (χ0v) is 19.0. The molecule has 1 aliphatic carbocycles. The third kappa shape index (κ3) is 5.94. The summed E-state index contributed by atoms with van der Waals surface area (Å²) < 4.78 is 5.38. The molecule has 2 heterocycles. The van der Waals surface area contributed by atoms with Crippen LogP contribution in [-0.2, 0) is 11.2 Å². The van der Waals surface area contributed by atoms with E-state index in [0.717, 1.165) is 31.1 Å². The van der Waals surface area contributed by atoms with Gasteiger partial charge in [0, 0.05) is 43.6 Å². The summed E-state index contributed by atoms with van der Waals surface area (Å²) in [6, 6.07) is 9.24. The number of aromatic nitrogens is 2. The van der Waals surface area contributed by atoms with Gasteiger partial charge >= 0.3 is 0 Å². The standard InChI is InChI=1S/C25H36N4O2/c1-18(2)19-9-11-20(12-10-19)25-27-24(31-28-25)14-13-23(30)26-21-15-16-29(17-21)22-7-5-3-4-6-8-22/h9-12,18,21-22H,3-8,13-17H2,1-2H3,(H,26,30). The van der Waals surface area contributed by atoms with Gasteiger partial charge in [-0.3, -0.25) is 9.69 Å². The minimum Gasteiger partial charge on any atom is -0.352 e. The number of nitrogens with one attached hydrogen (secondary N) is 1. The summed E-state index contributed by atoms with van der Waals surface area (Å²) >= 11 is 0. The van der Waals surface area contributed by atoms with Crippen molar-refractivity contribution in [3.05, 3.63) is 35.7 Å². The van der Waals surface area contributed by atoms with Crippen LogP contribution in [0.1, 0.15) is 82.6 Å². The Morgan fingerprint density at radius 1 is 1.13 bits per heavy atom. The van der Waals surface area contributed by atoms with Crippen molar-refractivity contribution in [2.75, 3.05) is 13.1 Å². The summed E-state index contributed by atoms with van der Waals surface area (Å²) in [6.45, 7) is 6.45. The molecule has 0 spiro atoms. The molecule has 1 unspecified atom stereocenters. The van der Waals surface area contributed by atoms with E-state index in [2.05, 4.69) is 46.3 Å². The molecule has 1 amide bonds. The van der Waals surface area contributed by atoms with Crippen LogP contribution < -0.4 is 5.32 Å². The number of hydrogen-bond acceptors (Lipinski definition) is 5. The molecule has 0 bridgehead atoms. The lowest BCUT2D eigenvalue weighted by atomic mass is 10.0. The second-order valence-electron chi connectivity index (χ2n) is 9.48. The zero-order chi connectivity index (χ0) is 21.6. The Balaban J connectivity index is 1.22. The van der Waals surface area contributed by atoms with Crippen molar-refractivity contribution in [2.24, 2.45) is 0 Å². The Hall–Kier alpha value is -2.21. The van der Waals surface area contributed by atoms with Crippen molar-refractivity contribution in [2.45, 2.75) is 89.6 Å². The molecule has 31 heavy (non-hydrogen) atoms. The van der Waals surface area contributed by atoms with Gasteiger partial charge in [-0.15, -0.1) is 0 Å². The average molecular weight is 425 g/mol. The molecule has 1 aromatic carbocycles. The first-order chi connectivity index (χ1) is 15.1. The second kappa shape index (κ2) is 10.4. The quantitative estimate of drug-likeness (QED) is 0.652. The molecule has 1 atom stereocenters. The molecule has 1 N–H and O–H groups in total. The number of hydrogen-bond donors (Lipinski definition) is 1. The van der Waals surface area contributed by atoms with Gasteiger partial charge in [-0.1, -0.05) is 69.0 Å². The third-order valence-corrected chi connectivity index (χ3v) is 6.80. The molecule has 1 saturated carbocycles. The van der Waals surface area contributed by atoms with Gasteiger partial charge in [-0.2, -0.15) is 4.98 Å². The van der Waals surface area contributed by atoms with Gasteiger partial charge in [-0.05, 0) is 30.7 Å². The number of aryl methyl sites for hydroxylation is 1. The Morgan fingerprint density at radius 3 is 2.58 bits per heavy atom. The monoisotopic (exact) mass is 424 g/mol. The van der Waals surface area contributed by atoms with Gasteiger partial charge in [-0.25, -0.2) is 0 Å². The highest BCUT2D eigenvalue weighted by Gasteiger charge is 2.29.